The van der Waals surface area contributed by atoms with Crippen LogP contribution in [0.5, 0.6) is 0 Å². The van der Waals surface area contributed by atoms with Crippen LogP contribution in [0.25, 0.3) is 11.4 Å². The predicted octanol–water partition coefficient (Wildman–Crippen LogP) is 4.43. The van der Waals surface area contributed by atoms with Gasteiger partial charge in [-0.3, -0.25) is 0 Å². The topological polar surface area (TPSA) is 76.3 Å². The van der Waals surface area contributed by atoms with Crippen LogP contribution >= 0.6 is 0 Å². The highest BCUT2D eigenvalue weighted by Crippen LogP contribution is 2.30. The van der Waals surface area contributed by atoms with Crippen LogP contribution in [0, 0.1) is 0 Å². The molecule has 3 aromatic rings. The molecule has 0 saturated carbocycles. The molecule has 0 radical (unpaired) electrons. The molecule has 1 atom stereocenters. The normalized spacial score (nSPS) is 18.2. The van der Waals surface area contributed by atoms with E-state index in [0.29, 0.717) is 35.6 Å². The fourth-order valence-corrected chi connectivity index (χ4v) is 5.18. The number of hydrogen-bond donors (Lipinski definition) is 0. The van der Waals surface area contributed by atoms with Gasteiger partial charge in [0.05, 0.1) is 10.8 Å². The minimum atomic E-state index is -3.52. The molecule has 6 nitrogen and oxygen atoms in total. The standard InChI is InChI=1S/C22H25N3O3S/c1-16(2)17-10-12-18(13-11-17)21-23-22(28-24-21)19-7-6-14-25(15-19)29(26,27)20-8-4-3-5-9-20/h3-5,8-13,16,19H,6-7,14-15H2,1-2H3/t19-/m1/s1. The first-order chi connectivity index (χ1) is 13.9. The Morgan fingerprint density at radius 1 is 1.07 bits per heavy atom. The van der Waals surface area contributed by atoms with Crippen LogP contribution < -0.4 is 0 Å². The number of nitrogens with zero attached hydrogens (tertiary/aromatic N) is 3. The zero-order chi connectivity index (χ0) is 20.4. The fraction of sp³-hybridized carbons (Fsp3) is 0.364. The molecule has 2 aromatic carbocycles. The van der Waals surface area contributed by atoms with Crippen LogP contribution in [0.15, 0.2) is 64.0 Å². The van der Waals surface area contributed by atoms with Crippen molar-refractivity contribution in [2.75, 3.05) is 13.1 Å². The summed E-state index contributed by atoms with van der Waals surface area (Å²) in [7, 11) is -3.52. The van der Waals surface area contributed by atoms with Gasteiger partial charge in [0.25, 0.3) is 0 Å². The third-order valence-corrected chi connectivity index (χ3v) is 7.27. The summed E-state index contributed by atoms with van der Waals surface area (Å²) >= 11 is 0. The second-order valence-corrected chi connectivity index (χ2v) is 9.69. The molecule has 0 unspecified atom stereocenters. The zero-order valence-corrected chi connectivity index (χ0v) is 17.5. The van der Waals surface area contributed by atoms with Crippen molar-refractivity contribution in [1.82, 2.24) is 14.4 Å². The van der Waals surface area contributed by atoms with Crippen molar-refractivity contribution in [3.8, 4) is 11.4 Å². The third kappa shape index (κ3) is 4.11. The van der Waals surface area contributed by atoms with Gasteiger partial charge < -0.3 is 4.52 Å². The lowest BCUT2D eigenvalue weighted by Crippen LogP contribution is -2.39. The summed E-state index contributed by atoms with van der Waals surface area (Å²) in [4.78, 5) is 4.89. The molecule has 7 heteroatoms. The number of aromatic nitrogens is 2. The first kappa shape index (κ1) is 19.8. The van der Waals surface area contributed by atoms with E-state index in [1.165, 1.54) is 9.87 Å². The van der Waals surface area contributed by atoms with Crippen molar-refractivity contribution in [2.45, 2.75) is 43.4 Å². The molecule has 1 aliphatic rings. The van der Waals surface area contributed by atoms with E-state index in [2.05, 4.69) is 36.1 Å². The summed E-state index contributed by atoms with van der Waals surface area (Å²) in [5.74, 6) is 1.40. The molecule has 0 amide bonds. The summed E-state index contributed by atoms with van der Waals surface area (Å²) in [5.41, 5.74) is 2.15. The lowest BCUT2D eigenvalue weighted by Gasteiger charge is -2.30. The van der Waals surface area contributed by atoms with E-state index in [-0.39, 0.29) is 5.92 Å². The Kier molecular flexibility index (Phi) is 5.52. The first-order valence-electron chi connectivity index (χ1n) is 9.94. The molecule has 1 aliphatic heterocycles. The van der Waals surface area contributed by atoms with Crippen molar-refractivity contribution in [3.63, 3.8) is 0 Å². The second-order valence-electron chi connectivity index (χ2n) is 7.75. The Balaban J connectivity index is 1.52. The van der Waals surface area contributed by atoms with Gasteiger partial charge in [-0.1, -0.05) is 61.5 Å². The second kappa shape index (κ2) is 8.08. The Hall–Kier alpha value is -2.51. The molecule has 1 fully saturated rings. The Morgan fingerprint density at radius 2 is 1.79 bits per heavy atom. The van der Waals surface area contributed by atoms with Gasteiger partial charge in [-0.25, -0.2) is 8.42 Å². The molecule has 152 valence electrons. The summed E-state index contributed by atoms with van der Waals surface area (Å²) in [6, 6.07) is 16.7. The third-order valence-electron chi connectivity index (χ3n) is 5.39. The van der Waals surface area contributed by atoms with Crippen molar-refractivity contribution in [3.05, 3.63) is 66.1 Å². The van der Waals surface area contributed by atoms with Crippen molar-refractivity contribution in [1.29, 1.82) is 0 Å². The maximum Gasteiger partial charge on any atom is 0.243 e. The average molecular weight is 412 g/mol. The van der Waals surface area contributed by atoms with Crippen molar-refractivity contribution in [2.24, 2.45) is 0 Å². The first-order valence-corrected chi connectivity index (χ1v) is 11.4. The molecule has 0 N–H and O–H groups in total. The highest BCUT2D eigenvalue weighted by atomic mass is 32.2. The number of piperidine rings is 1. The molecule has 0 aliphatic carbocycles. The van der Waals surface area contributed by atoms with Crippen LogP contribution in [-0.2, 0) is 10.0 Å². The van der Waals surface area contributed by atoms with Crippen molar-refractivity contribution >= 4 is 10.0 Å². The maximum absolute atomic E-state index is 12.9. The van der Waals surface area contributed by atoms with Gasteiger partial charge in [0.2, 0.25) is 21.7 Å². The maximum atomic E-state index is 12.9. The van der Waals surface area contributed by atoms with Crippen LogP contribution in [0.4, 0.5) is 0 Å². The summed E-state index contributed by atoms with van der Waals surface area (Å²) in [6.07, 6.45) is 1.59. The van der Waals surface area contributed by atoms with E-state index < -0.39 is 10.0 Å². The largest absolute Gasteiger partial charge is 0.339 e. The molecule has 0 bridgehead atoms. The minimum Gasteiger partial charge on any atom is -0.339 e. The van der Waals surface area contributed by atoms with Gasteiger partial charge >= 0.3 is 0 Å². The van der Waals surface area contributed by atoms with E-state index in [0.717, 1.165) is 18.4 Å². The van der Waals surface area contributed by atoms with Gasteiger partial charge in [0.1, 0.15) is 0 Å². The highest BCUT2D eigenvalue weighted by Gasteiger charge is 2.33. The van der Waals surface area contributed by atoms with E-state index in [4.69, 9.17) is 4.52 Å². The van der Waals surface area contributed by atoms with Gasteiger partial charge in [-0.15, -0.1) is 0 Å². The minimum absolute atomic E-state index is 0.0987. The molecule has 0 spiro atoms. The molecular weight excluding hydrogens is 386 g/mol. The summed E-state index contributed by atoms with van der Waals surface area (Å²) in [5, 5.41) is 4.13. The zero-order valence-electron chi connectivity index (χ0n) is 16.7. The van der Waals surface area contributed by atoms with E-state index in [1.54, 1.807) is 24.3 Å². The fourth-order valence-electron chi connectivity index (χ4n) is 3.64. The predicted molar refractivity (Wildman–Crippen MR) is 111 cm³/mol. The molecule has 2 heterocycles. The number of hydrogen-bond acceptors (Lipinski definition) is 5. The van der Waals surface area contributed by atoms with E-state index >= 15 is 0 Å². The quantitative estimate of drug-likeness (QED) is 0.621. The Bertz CT molecular complexity index is 1060. The van der Waals surface area contributed by atoms with Crippen LogP contribution in [0.1, 0.15) is 50.0 Å². The Morgan fingerprint density at radius 3 is 2.48 bits per heavy atom. The van der Waals surface area contributed by atoms with E-state index in [9.17, 15) is 8.42 Å². The molecular formula is C22H25N3O3S. The number of rotatable bonds is 5. The molecule has 1 aromatic heterocycles. The van der Waals surface area contributed by atoms with Gasteiger partial charge in [0, 0.05) is 18.7 Å². The summed E-state index contributed by atoms with van der Waals surface area (Å²) < 4.78 is 32.9. The van der Waals surface area contributed by atoms with Crippen LogP contribution in [-0.4, -0.2) is 36.0 Å². The van der Waals surface area contributed by atoms with Gasteiger partial charge in [-0.05, 0) is 36.5 Å². The number of sulfonamides is 1. The SMILES string of the molecule is CC(C)c1ccc(-c2noc([C@@H]3CCCN(S(=O)(=O)c4ccccc4)C3)n2)cc1. The molecule has 29 heavy (non-hydrogen) atoms. The highest BCUT2D eigenvalue weighted by molar-refractivity contribution is 7.89. The van der Waals surface area contributed by atoms with Crippen LogP contribution in [0.2, 0.25) is 0 Å². The van der Waals surface area contributed by atoms with Crippen molar-refractivity contribution < 1.29 is 12.9 Å². The smallest absolute Gasteiger partial charge is 0.243 e. The monoisotopic (exact) mass is 411 g/mol. The lowest BCUT2D eigenvalue weighted by molar-refractivity contribution is 0.265. The van der Waals surface area contributed by atoms with E-state index in [1.807, 2.05) is 18.2 Å². The lowest BCUT2D eigenvalue weighted by atomic mass is 9.99. The molecule has 1 saturated heterocycles. The number of benzene rings is 2. The average Bonchev–Trinajstić information content (AvgIpc) is 3.25. The van der Waals surface area contributed by atoms with Crippen LogP contribution in [0.3, 0.4) is 0 Å². The Labute approximate surface area is 171 Å². The van der Waals surface area contributed by atoms with Gasteiger partial charge in [-0.2, -0.15) is 9.29 Å². The summed E-state index contributed by atoms with van der Waals surface area (Å²) in [6.45, 7) is 5.16. The van der Waals surface area contributed by atoms with Gasteiger partial charge in [0.15, 0.2) is 0 Å². The molecule has 4 rings (SSSR count).